The molecule has 1 aromatic rings. The van der Waals surface area contributed by atoms with Crippen LogP contribution in [0.1, 0.15) is 94.2 Å². The summed E-state index contributed by atoms with van der Waals surface area (Å²) in [6.07, 6.45) is 15.1. The molecule has 0 amide bonds. The highest BCUT2D eigenvalue weighted by atomic mass is 14.2. The van der Waals surface area contributed by atoms with E-state index in [0.717, 1.165) is 5.92 Å². The number of unbranched alkanes of at least 4 members (excludes halogenated alkanes) is 4. The van der Waals surface area contributed by atoms with Crippen LogP contribution in [0.2, 0.25) is 0 Å². The van der Waals surface area contributed by atoms with Gasteiger partial charge in [-0.15, -0.1) is 0 Å². The van der Waals surface area contributed by atoms with Gasteiger partial charge in [0, 0.05) is 0 Å². The van der Waals surface area contributed by atoms with Gasteiger partial charge >= 0.3 is 0 Å². The lowest BCUT2D eigenvalue weighted by atomic mass is 9.79. The van der Waals surface area contributed by atoms with Crippen molar-refractivity contribution in [2.24, 2.45) is 0 Å². The van der Waals surface area contributed by atoms with Gasteiger partial charge in [-0.2, -0.15) is 0 Å². The molecule has 112 valence electrons. The first kappa shape index (κ1) is 15.6. The normalized spacial score (nSPS) is 18.0. The second-order valence-electron chi connectivity index (χ2n) is 6.58. The quantitative estimate of drug-likeness (QED) is 0.479. The summed E-state index contributed by atoms with van der Waals surface area (Å²) in [7, 11) is 0. The maximum absolute atomic E-state index is 2.55. The molecule has 1 aliphatic carbocycles. The van der Waals surface area contributed by atoms with Crippen LogP contribution < -0.4 is 0 Å². The molecule has 1 atom stereocenters. The Bertz CT molecular complexity index is 391. The number of aryl methyl sites for hydroxylation is 2. The molecule has 0 heteroatoms. The van der Waals surface area contributed by atoms with Gasteiger partial charge in [0.15, 0.2) is 0 Å². The molecule has 2 rings (SSSR count). The van der Waals surface area contributed by atoms with Crippen LogP contribution in [-0.4, -0.2) is 0 Å². The molecule has 0 aromatic heterocycles. The fourth-order valence-corrected chi connectivity index (χ4v) is 3.60. The zero-order valence-electron chi connectivity index (χ0n) is 13.6. The Kier molecular flexibility index (Phi) is 6.63. The lowest BCUT2D eigenvalue weighted by Crippen LogP contribution is -2.10. The summed E-state index contributed by atoms with van der Waals surface area (Å²) in [5.74, 6) is 0.859. The van der Waals surface area contributed by atoms with Crippen molar-refractivity contribution in [3.05, 3.63) is 34.9 Å². The topological polar surface area (TPSA) is 0 Å². The summed E-state index contributed by atoms with van der Waals surface area (Å²) in [5, 5.41) is 0. The number of fused-ring (bicyclic) bond motifs is 1. The van der Waals surface area contributed by atoms with E-state index in [0.29, 0.717) is 0 Å². The van der Waals surface area contributed by atoms with Crippen LogP contribution >= 0.6 is 0 Å². The van der Waals surface area contributed by atoms with Crippen LogP contribution in [0.15, 0.2) is 18.2 Å². The van der Waals surface area contributed by atoms with Crippen LogP contribution in [-0.2, 0) is 12.8 Å². The summed E-state index contributed by atoms with van der Waals surface area (Å²) in [5.41, 5.74) is 4.93. The third-order valence-corrected chi connectivity index (χ3v) is 4.87. The lowest BCUT2D eigenvalue weighted by molar-refractivity contribution is 0.488. The molecule has 20 heavy (non-hydrogen) atoms. The van der Waals surface area contributed by atoms with Crippen molar-refractivity contribution in [1.29, 1.82) is 0 Å². The minimum absolute atomic E-state index is 0.859. The highest BCUT2D eigenvalue weighted by Gasteiger charge is 2.19. The van der Waals surface area contributed by atoms with Gasteiger partial charge < -0.3 is 0 Å². The van der Waals surface area contributed by atoms with Crippen LogP contribution in [0.25, 0.3) is 0 Å². The minimum Gasteiger partial charge on any atom is -0.0654 e. The van der Waals surface area contributed by atoms with Crippen molar-refractivity contribution in [2.45, 2.75) is 90.4 Å². The van der Waals surface area contributed by atoms with Crippen molar-refractivity contribution in [3.63, 3.8) is 0 Å². The summed E-state index contributed by atoms with van der Waals surface area (Å²) in [4.78, 5) is 0. The molecule has 0 bridgehead atoms. The largest absolute Gasteiger partial charge is 0.0654 e. The second kappa shape index (κ2) is 8.49. The molecule has 0 saturated heterocycles. The number of hydrogen-bond acceptors (Lipinski definition) is 0. The molecule has 1 aromatic carbocycles. The number of rotatable bonds is 8. The SMILES string of the molecule is CCCCCCC1CCCc2ccc(CCCC)cc21. The minimum atomic E-state index is 0.859. The van der Waals surface area contributed by atoms with Crippen LogP contribution in [0.5, 0.6) is 0 Å². The Morgan fingerprint density at radius 3 is 2.65 bits per heavy atom. The van der Waals surface area contributed by atoms with Crippen molar-refractivity contribution in [1.82, 2.24) is 0 Å². The average Bonchev–Trinajstić information content (AvgIpc) is 2.49. The molecular formula is C20H32. The maximum Gasteiger partial charge on any atom is -0.0159 e. The van der Waals surface area contributed by atoms with Crippen molar-refractivity contribution < 1.29 is 0 Å². The zero-order valence-corrected chi connectivity index (χ0v) is 13.6. The van der Waals surface area contributed by atoms with Crippen molar-refractivity contribution >= 4 is 0 Å². The zero-order chi connectivity index (χ0) is 14.2. The van der Waals surface area contributed by atoms with E-state index in [1.807, 2.05) is 0 Å². The Hall–Kier alpha value is -0.780. The molecule has 0 aliphatic heterocycles. The number of hydrogen-bond donors (Lipinski definition) is 0. The van der Waals surface area contributed by atoms with E-state index < -0.39 is 0 Å². The Morgan fingerprint density at radius 2 is 1.85 bits per heavy atom. The Balaban J connectivity index is 1.99. The third-order valence-electron chi connectivity index (χ3n) is 4.87. The van der Waals surface area contributed by atoms with Gasteiger partial charge in [0.1, 0.15) is 0 Å². The van der Waals surface area contributed by atoms with Gasteiger partial charge in [0.25, 0.3) is 0 Å². The van der Waals surface area contributed by atoms with E-state index in [-0.39, 0.29) is 0 Å². The summed E-state index contributed by atoms with van der Waals surface area (Å²) in [6.45, 7) is 4.59. The molecule has 0 nitrogen and oxygen atoms in total. The van der Waals surface area contributed by atoms with Gasteiger partial charge in [-0.25, -0.2) is 0 Å². The molecule has 0 N–H and O–H groups in total. The fourth-order valence-electron chi connectivity index (χ4n) is 3.60. The molecule has 0 radical (unpaired) electrons. The Morgan fingerprint density at radius 1 is 1.00 bits per heavy atom. The van der Waals surface area contributed by atoms with Gasteiger partial charge in [0.05, 0.1) is 0 Å². The van der Waals surface area contributed by atoms with Crippen LogP contribution in [0.3, 0.4) is 0 Å². The summed E-state index contributed by atoms with van der Waals surface area (Å²) < 4.78 is 0. The highest BCUT2D eigenvalue weighted by molar-refractivity contribution is 5.36. The molecule has 0 heterocycles. The van der Waals surface area contributed by atoms with Gasteiger partial charge in [-0.1, -0.05) is 64.2 Å². The number of benzene rings is 1. The second-order valence-corrected chi connectivity index (χ2v) is 6.58. The molecule has 0 saturated carbocycles. The average molecular weight is 272 g/mol. The van der Waals surface area contributed by atoms with E-state index in [1.54, 1.807) is 16.7 Å². The van der Waals surface area contributed by atoms with Gasteiger partial charge in [0.2, 0.25) is 0 Å². The van der Waals surface area contributed by atoms with Crippen molar-refractivity contribution in [2.75, 3.05) is 0 Å². The van der Waals surface area contributed by atoms with Crippen molar-refractivity contribution in [3.8, 4) is 0 Å². The predicted molar refractivity (Wildman–Crippen MR) is 89.5 cm³/mol. The Labute approximate surface area is 126 Å². The van der Waals surface area contributed by atoms with Gasteiger partial charge in [-0.3, -0.25) is 0 Å². The third kappa shape index (κ3) is 4.36. The molecule has 0 spiro atoms. The first-order valence-electron chi connectivity index (χ1n) is 8.96. The smallest absolute Gasteiger partial charge is 0.0159 e. The van der Waals surface area contributed by atoms with Crippen LogP contribution in [0, 0.1) is 0 Å². The van der Waals surface area contributed by atoms with E-state index in [4.69, 9.17) is 0 Å². The van der Waals surface area contributed by atoms with E-state index in [1.165, 1.54) is 70.6 Å². The van der Waals surface area contributed by atoms with E-state index in [9.17, 15) is 0 Å². The monoisotopic (exact) mass is 272 g/mol. The summed E-state index contributed by atoms with van der Waals surface area (Å²) in [6, 6.07) is 7.36. The van der Waals surface area contributed by atoms with Gasteiger partial charge in [-0.05, 0) is 61.1 Å². The summed E-state index contributed by atoms with van der Waals surface area (Å²) >= 11 is 0. The molecule has 1 unspecified atom stereocenters. The van der Waals surface area contributed by atoms with Crippen LogP contribution in [0.4, 0.5) is 0 Å². The van der Waals surface area contributed by atoms with E-state index >= 15 is 0 Å². The first-order chi connectivity index (χ1) is 9.85. The molecular weight excluding hydrogens is 240 g/mol. The lowest BCUT2D eigenvalue weighted by Gasteiger charge is -2.26. The van der Waals surface area contributed by atoms with E-state index in [2.05, 4.69) is 32.0 Å². The first-order valence-corrected chi connectivity index (χ1v) is 8.96. The maximum atomic E-state index is 2.55. The predicted octanol–water partition coefficient (Wildman–Crippen LogP) is 6.42. The highest BCUT2D eigenvalue weighted by Crippen LogP contribution is 2.36. The standard InChI is InChI=1S/C20H32/c1-3-5-7-8-11-18-12-9-13-19-15-14-17(10-6-4-2)16-20(18)19/h14-16,18H,3-13H2,1-2H3. The fraction of sp³-hybridized carbons (Fsp3) is 0.700. The molecule has 0 fully saturated rings. The molecule has 1 aliphatic rings.